The van der Waals surface area contributed by atoms with Crippen LogP contribution < -0.4 is 5.32 Å². The minimum absolute atomic E-state index is 0.0713. The van der Waals surface area contributed by atoms with Gasteiger partial charge in [0.2, 0.25) is 0 Å². The third-order valence-electron chi connectivity index (χ3n) is 4.29. The second-order valence-electron chi connectivity index (χ2n) is 5.51. The van der Waals surface area contributed by atoms with E-state index in [0.717, 1.165) is 25.7 Å². The van der Waals surface area contributed by atoms with Crippen LogP contribution in [-0.2, 0) is 0 Å². The van der Waals surface area contributed by atoms with Crippen LogP contribution in [0.2, 0.25) is 0 Å². The van der Waals surface area contributed by atoms with E-state index in [1.807, 2.05) is 0 Å². The summed E-state index contributed by atoms with van der Waals surface area (Å²) in [5.41, 5.74) is 0. The van der Waals surface area contributed by atoms with Crippen molar-refractivity contribution in [2.75, 3.05) is 6.61 Å². The lowest BCUT2D eigenvalue weighted by Gasteiger charge is -2.36. The van der Waals surface area contributed by atoms with Crippen molar-refractivity contribution in [3.63, 3.8) is 0 Å². The van der Waals surface area contributed by atoms with Crippen molar-refractivity contribution >= 4 is 0 Å². The first kappa shape index (κ1) is 12.3. The summed E-state index contributed by atoms with van der Waals surface area (Å²) in [5, 5.41) is 22.5. The molecule has 0 amide bonds. The molecule has 2 aliphatic rings. The highest BCUT2D eigenvalue weighted by atomic mass is 16.3. The molecule has 0 spiro atoms. The number of hydrogen-bond acceptors (Lipinski definition) is 3. The molecular formula is C13H25NO2. The van der Waals surface area contributed by atoms with Gasteiger partial charge in [-0.25, -0.2) is 0 Å². The molecule has 3 heteroatoms. The maximum absolute atomic E-state index is 9.46. The zero-order valence-electron chi connectivity index (χ0n) is 10.1. The lowest BCUT2D eigenvalue weighted by molar-refractivity contribution is 0.0989. The average Bonchev–Trinajstić information content (AvgIpc) is 2.33. The van der Waals surface area contributed by atoms with Crippen LogP contribution >= 0.6 is 0 Å². The lowest BCUT2D eigenvalue weighted by atomic mass is 9.83. The summed E-state index contributed by atoms with van der Waals surface area (Å²) in [6, 6.07) is 1.08. The molecule has 3 N–H and O–H groups in total. The monoisotopic (exact) mass is 227 g/mol. The van der Waals surface area contributed by atoms with Gasteiger partial charge < -0.3 is 15.5 Å². The largest absolute Gasteiger partial charge is 0.396 e. The van der Waals surface area contributed by atoms with Crippen LogP contribution in [0.5, 0.6) is 0 Å². The van der Waals surface area contributed by atoms with Crippen LogP contribution in [-0.4, -0.2) is 35.0 Å². The summed E-state index contributed by atoms with van der Waals surface area (Å²) in [4.78, 5) is 0. The average molecular weight is 227 g/mol. The van der Waals surface area contributed by atoms with E-state index in [0.29, 0.717) is 24.6 Å². The molecular weight excluding hydrogens is 202 g/mol. The zero-order valence-corrected chi connectivity index (χ0v) is 10.1. The van der Waals surface area contributed by atoms with E-state index in [-0.39, 0.29) is 6.10 Å². The van der Waals surface area contributed by atoms with Crippen molar-refractivity contribution in [2.24, 2.45) is 5.92 Å². The Morgan fingerprint density at radius 3 is 2.31 bits per heavy atom. The second kappa shape index (κ2) is 5.99. The molecule has 2 atom stereocenters. The smallest absolute Gasteiger partial charge is 0.0541 e. The summed E-state index contributed by atoms with van der Waals surface area (Å²) in [6.45, 7) is 0.326. The molecule has 0 bridgehead atoms. The van der Waals surface area contributed by atoms with Crippen LogP contribution in [0.4, 0.5) is 0 Å². The van der Waals surface area contributed by atoms with E-state index < -0.39 is 0 Å². The first-order chi connectivity index (χ1) is 7.79. The third-order valence-corrected chi connectivity index (χ3v) is 4.29. The minimum atomic E-state index is -0.0713. The van der Waals surface area contributed by atoms with Crippen molar-refractivity contribution in [3.8, 4) is 0 Å². The van der Waals surface area contributed by atoms with Gasteiger partial charge in [0.25, 0.3) is 0 Å². The first-order valence-corrected chi connectivity index (χ1v) is 6.84. The van der Waals surface area contributed by atoms with Gasteiger partial charge in [-0.05, 0) is 44.4 Å². The molecule has 0 radical (unpaired) electrons. The van der Waals surface area contributed by atoms with Gasteiger partial charge in [0, 0.05) is 18.7 Å². The lowest BCUT2D eigenvalue weighted by Crippen LogP contribution is -2.47. The highest BCUT2D eigenvalue weighted by molar-refractivity contribution is 4.85. The van der Waals surface area contributed by atoms with Gasteiger partial charge in [0.15, 0.2) is 0 Å². The molecule has 94 valence electrons. The Bertz CT molecular complexity index is 202. The minimum Gasteiger partial charge on any atom is -0.396 e. The van der Waals surface area contributed by atoms with Crippen molar-refractivity contribution in [1.29, 1.82) is 0 Å². The summed E-state index contributed by atoms with van der Waals surface area (Å²) in [5.74, 6) is 0.459. The maximum atomic E-state index is 9.46. The molecule has 0 saturated heterocycles. The number of nitrogens with one attached hydrogen (secondary N) is 1. The highest BCUT2D eigenvalue weighted by Gasteiger charge is 2.28. The molecule has 2 fully saturated rings. The van der Waals surface area contributed by atoms with Crippen molar-refractivity contribution < 1.29 is 10.2 Å². The third kappa shape index (κ3) is 3.19. The Hall–Kier alpha value is -0.120. The SMILES string of the molecule is OCC1CCCCC1NC1CCC(O)CC1. The number of hydrogen-bond donors (Lipinski definition) is 3. The van der Waals surface area contributed by atoms with Gasteiger partial charge in [-0.15, -0.1) is 0 Å². The Morgan fingerprint density at radius 1 is 0.938 bits per heavy atom. The maximum Gasteiger partial charge on any atom is 0.0541 e. The Labute approximate surface area is 98.2 Å². The Morgan fingerprint density at radius 2 is 1.62 bits per heavy atom. The van der Waals surface area contributed by atoms with Gasteiger partial charge in [0.1, 0.15) is 0 Å². The van der Waals surface area contributed by atoms with Gasteiger partial charge in [-0.2, -0.15) is 0 Å². The molecule has 0 aliphatic heterocycles. The molecule has 2 rings (SSSR count). The highest BCUT2D eigenvalue weighted by Crippen LogP contribution is 2.26. The fourth-order valence-electron chi connectivity index (χ4n) is 3.19. The van der Waals surface area contributed by atoms with E-state index in [1.165, 1.54) is 25.7 Å². The van der Waals surface area contributed by atoms with Crippen LogP contribution in [0, 0.1) is 5.92 Å². The second-order valence-corrected chi connectivity index (χ2v) is 5.51. The van der Waals surface area contributed by atoms with Crippen LogP contribution in [0.15, 0.2) is 0 Å². The Balaban J connectivity index is 1.78. The first-order valence-electron chi connectivity index (χ1n) is 6.84. The topological polar surface area (TPSA) is 52.5 Å². The predicted octanol–water partition coefficient (Wildman–Crippen LogP) is 1.43. The fourth-order valence-corrected chi connectivity index (χ4v) is 3.19. The van der Waals surface area contributed by atoms with Gasteiger partial charge in [-0.1, -0.05) is 12.8 Å². The quantitative estimate of drug-likeness (QED) is 0.683. The predicted molar refractivity (Wildman–Crippen MR) is 64.2 cm³/mol. The summed E-state index contributed by atoms with van der Waals surface area (Å²) < 4.78 is 0. The Kier molecular flexibility index (Phi) is 4.62. The van der Waals surface area contributed by atoms with Crippen molar-refractivity contribution in [3.05, 3.63) is 0 Å². The molecule has 0 aromatic heterocycles. The number of aliphatic hydroxyl groups excluding tert-OH is 2. The van der Waals surface area contributed by atoms with E-state index in [1.54, 1.807) is 0 Å². The van der Waals surface area contributed by atoms with Gasteiger partial charge in [-0.3, -0.25) is 0 Å². The molecule has 2 saturated carbocycles. The fraction of sp³-hybridized carbons (Fsp3) is 1.00. The molecule has 0 aromatic rings. The summed E-state index contributed by atoms with van der Waals surface area (Å²) in [6.07, 6.45) is 8.94. The summed E-state index contributed by atoms with van der Waals surface area (Å²) in [7, 11) is 0. The zero-order chi connectivity index (χ0) is 11.4. The van der Waals surface area contributed by atoms with Crippen LogP contribution in [0.3, 0.4) is 0 Å². The summed E-state index contributed by atoms with van der Waals surface area (Å²) >= 11 is 0. The molecule has 3 nitrogen and oxygen atoms in total. The van der Waals surface area contributed by atoms with Gasteiger partial charge in [0.05, 0.1) is 6.10 Å². The van der Waals surface area contributed by atoms with Gasteiger partial charge >= 0.3 is 0 Å². The number of aliphatic hydroxyl groups is 2. The number of rotatable bonds is 3. The normalized spacial score (nSPS) is 40.9. The molecule has 2 aliphatic carbocycles. The van der Waals surface area contributed by atoms with E-state index in [2.05, 4.69) is 5.32 Å². The van der Waals surface area contributed by atoms with Crippen LogP contribution in [0.25, 0.3) is 0 Å². The van der Waals surface area contributed by atoms with Crippen LogP contribution in [0.1, 0.15) is 51.4 Å². The van der Waals surface area contributed by atoms with E-state index in [9.17, 15) is 10.2 Å². The molecule has 0 aromatic carbocycles. The van der Waals surface area contributed by atoms with E-state index in [4.69, 9.17) is 0 Å². The molecule has 2 unspecified atom stereocenters. The van der Waals surface area contributed by atoms with E-state index >= 15 is 0 Å². The van der Waals surface area contributed by atoms with Crippen molar-refractivity contribution in [1.82, 2.24) is 5.32 Å². The van der Waals surface area contributed by atoms with Crippen molar-refractivity contribution in [2.45, 2.75) is 69.6 Å². The molecule has 0 heterocycles. The standard InChI is InChI=1S/C13H25NO2/c15-9-10-3-1-2-4-13(10)14-11-5-7-12(16)8-6-11/h10-16H,1-9H2. The molecule has 16 heavy (non-hydrogen) atoms.